The zero-order valence-electron chi connectivity index (χ0n) is 6.81. The standard InChI is InChI=1S/C7H9F2N3S/c8-7(9)2-1-4(3-7)5-10-6(13)12-11-5/h4H,1-3H2,(H2,10,11,12,13). The van der Waals surface area contributed by atoms with Crippen LogP contribution in [0, 0.1) is 4.77 Å². The molecule has 3 nitrogen and oxygen atoms in total. The number of aromatic amines is 2. The highest BCUT2D eigenvalue weighted by Gasteiger charge is 2.41. The van der Waals surface area contributed by atoms with Gasteiger partial charge < -0.3 is 0 Å². The van der Waals surface area contributed by atoms with Crippen molar-refractivity contribution in [2.75, 3.05) is 0 Å². The number of hydrogen-bond donors (Lipinski definition) is 2. The van der Waals surface area contributed by atoms with Gasteiger partial charge in [-0.2, -0.15) is 0 Å². The predicted molar refractivity (Wildman–Crippen MR) is 45.3 cm³/mol. The van der Waals surface area contributed by atoms with Gasteiger partial charge in [0.15, 0.2) is 0 Å². The second-order valence-electron chi connectivity index (χ2n) is 3.35. The van der Waals surface area contributed by atoms with E-state index < -0.39 is 5.92 Å². The zero-order valence-corrected chi connectivity index (χ0v) is 7.63. The second-order valence-corrected chi connectivity index (χ2v) is 3.73. The Morgan fingerprint density at radius 3 is 2.69 bits per heavy atom. The molecule has 0 amide bonds. The van der Waals surface area contributed by atoms with Crippen LogP contribution in [0.25, 0.3) is 0 Å². The van der Waals surface area contributed by atoms with Gasteiger partial charge in [0.25, 0.3) is 0 Å². The fourth-order valence-electron chi connectivity index (χ4n) is 1.66. The third kappa shape index (κ3) is 1.77. The van der Waals surface area contributed by atoms with Crippen molar-refractivity contribution in [3.63, 3.8) is 0 Å². The Bertz CT molecular complexity index is 357. The Kier molecular flexibility index (Phi) is 1.94. The summed E-state index contributed by atoms with van der Waals surface area (Å²) in [4.78, 5) is 3.93. The SMILES string of the molecule is FC1(F)CCC(c2nc(=S)[nH][nH]2)C1. The summed E-state index contributed by atoms with van der Waals surface area (Å²) >= 11 is 4.74. The molecule has 1 unspecified atom stereocenters. The summed E-state index contributed by atoms with van der Waals surface area (Å²) in [5, 5.41) is 5.32. The van der Waals surface area contributed by atoms with E-state index in [4.69, 9.17) is 12.2 Å². The minimum atomic E-state index is -2.53. The maximum Gasteiger partial charge on any atom is 0.248 e. The molecule has 0 aromatic carbocycles. The summed E-state index contributed by atoms with van der Waals surface area (Å²) in [7, 11) is 0. The monoisotopic (exact) mass is 205 g/mol. The van der Waals surface area contributed by atoms with E-state index in [1.54, 1.807) is 0 Å². The third-order valence-electron chi connectivity index (χ3n) is 2.31. The van der Waals surface area contributed by atoms with Crippen molar-refractivity contribution in [1.29, 1.82) is 0 Å². The molecule has 0 saturated heterocycles. The molecule has 0 spiro atoms. The first kappa shape index (κ1) is 8.80. The first-order valence-electron chi connectivity index (χ1n) is 4.09. The van der Waals surface area contributed by atoms with Crippen LogP contribution in [0.5, 0.6) is 0 Å². The summed E-state index contributed by atoms with van der Waals surface area (Å²) in [5.41, 5.74) is 0. The Hall–Kier alpha value is -0.780. The molecule has 6 heteroatoms. The normalized spacial score (nSPS) is 26.5. The van der Waals surface area contributed by atoms with Crippen molar-refractivity contribution in [3.8, 4) is 0 Å². The van der Waals surface area contributed by atoms with Gasteiger partial charge in [0.2, 0.25) is 10.7 Å². The molecule has 2 rings (SSSR count). The summed E-state index contributed by atoms with van der Waals surface area (Å²) in [6.45, 7) is 0. The number of halogens is 2. The molecule has 0 radical (unpaired) electrons. The molecule has 1 fully saturated rings. The number of nitrogens with one attached hydrogen (secondary N) is 2. The Morgan fingerprint density at radius 1 is 1.46 bits per heavy atom. The minimum Gasteiger partial charge on any atom is -0.285 e. The lowest BCUT2D eigenvalue weighted by Gasteiger charge is -2.06. The van der Waals surface area contributed by atoms with Crippen LogP contribution in [0.3, 0.4) is 0 Å². The lowest BCUT2D eigenvalue weighted by Crippen LogP contribution is -2.09. The molecule has 2 N–H and O–H groups in total. The lowest BCUT2D eigenvalue weighted by molar-refractivity contribution is 0.00755. The van der Waals surface area contributed by atoms with E-state index in [-0.39, 0.29) is 18.8 Å². The fourth-order valence-corrected chi connectivity index (χ4v) is 1.81. The zero-order chi connectivity index (χ0) is 9.47. The maximum absolute atomic E-state index is 12.8. The number of alkyl halides is 2. The molecule has 13 heavy (non-hydrogen) atoms. The molecule has 1 heterocycles. The molecular formula is C7H9F2N3S. The number of aromatic nitrogens is 3. The topological polar surface area (TPSA) is 44.5 Å². The minimum absolute atomic E-state index is 0.0505. The highest BCUT2D eigenvalue weighted by Crippen LogP contribution is 2.42. The molecule has 1 atom stereocenters. The van der Waals surface area contributed by atoms with E-state index in [0.717, 1.165) is 0 Å². The van der Waals surface area contributed by atoms with Crippen LogP contribution in [-0.2, 0) is 0 Å². The van der Waals surface area contributed by atoms with Crippen LogP contribution in [0.4, 0.5) is 8.78 Å². The van der Waals surface area contributed by atoms with Gasteiger partial charge in [0, 0.05) is 18.8 Å². The van der Waals surface area contributed by atoms with Gasteiger partial charge in [-0.05, 0) is 18.6 Å². The quantitative estimate of drug-likeness (QED) is 0.691. The summed E-state index contributed by atoms with van der Waals surface area (Å²) in [5.74, 6) is -2.15. The molecule has 0 bridgehead atoms. The molecular weight excluding hydrogens is 196 g/mol. The van der Waals surface area contributed by atoms with Gasteiger partial charge in [0.1, 0.15) is 5.82 Å². The smallest absolute Gasteiger partial charge is 0.248 e. The van der Waals surface area contributed by atoms with E-state index in [0.29, 0.717) is 17.0 Å². The Morgan fingerprint density at radius 2 is 2.23 bits per heavy atom. The lowest BCUT2D eigenvalue weighted by atomic mass is 10.1. The van der Waals surface area contributed by atoms with Crippen molar-refractivity contribution in [2.24, 2.45) is 0 Å². The van der Waals surface area contributed by atoms with E-state index in [2.05, 4.69) is 15.2 Å². The van der Waals surface area contributed by atoms with Crippen LogP contribution in [0.1, 0.15) is 31.0 Å². The van der Waals surface area contributed by atoms with Crippen LogP contribution < -0.4 is 0 Å². The first-order valence-corrected chi connectivity index (χ1v) is 4.50. The molecule has 1 aromatic heterocycles. The fraction of sp³-hybridized carbons (Fsp3) is 0.714. The van der Waals surface area contributed by atoms with Crippen molar-refractivity contribution < 1.29 is 8.78 Å². The van der Waals surface area contributed by atoms with Gasteiger partial charge in [-0.25, -0.2) is 13.8 Å². The van der Waals surface area contributed by atoms with Gasteiger partial charge in [-0.15, -0.1) is 0 Å². The van der Waals surface area contributed by atoms with Gasteiger partial charge >= 0.3 is 0 Å². The molecule has 1 aliphatic rings. The number of rotatable bonds is 1. The largest absolute Gasteiger partial charge is 0.285 e. The van der Waals surface area contributed by atoms with Crippen molar-refractivity contribution in [1.82, 2.24) is 15.2 Å². The number of H-pyrrole nitrogens is 2. The average Bonchev–Trinajstić information content (AvgIpc) is 2.56. The number of hydrogen-bond acceptors (Lipinski definition) is 2. The first-order chi connectivity index (χ1) is 6.07. The van der Waals surface area contributed by atoms with Crippen LogP contribution in [-0.4, -0.2) is 21.1 Å². The van der Waals surface area contributed by atoms with E-state index >= 15 is 0 Å². The summed E-state index contributed by atoms with van der Waals surface area (Å²) in [6, 6.07) is 0. The average molecular weight is 205 g/mol. The Balaban J connectivity index is 2.17. The van der Waals surface area contributed by atoms with Crippen molar-refractivity contribution >= 4 is 12.2 Å². The van der Waals surface area contributed by atoms with Crippen LogP contribution >= 0.6 is 12.2 Å². The van der Waals surface area contributed by atoms with Gasteiger partial charge in [-0.1, -0.05) is 0 Å². The number of nitrogens with zero attached hydrogens (tertiary/aromatic N) is 1. The van der Waals surface area contributed by atoms with Crippen molar-refractivity contribution in [3.05, 3.63) is 10.6 Å². The maximum atomic E-state index is 12.8. The second kappa shape index (κ2) is 2.87. The summed E-state index contributed by atoms with van der Waals surface area (Å²) in [6.07, 6.45) is 0.303. The van der Waals surface area contributed by atoms with E-state index in [9.17, 15) is 8.78 Å². The molecule has 0 aliphatic heterocycles. The van der Waals surface area contributed by atoms with E-state index in [1.165, 1.54) is 0 Å². The molecule has 1 saturated carbocycles. The third-order valence-corrected chi connectivity index (χ3v) is 2.50. The highest BCUT2D eigenvalue weighted by atomic mass is 32.1. The molecule has 72 valence electrons. The summed E-state index contributed by atoms with van der Waals surface area (Å²) < 4.78 is 25.9. The predicted octanol–water partition coefficient (Wildman–Crippen LogP) is 2.37. The van der Waals surface area contributed by atoms with E-state index in [1.807, 2.05) is 0 Å². The highest BCUT2D eigenvalue weighted by molar-refractivity contribution is 7.71. The van der Waals surface area contributed by atoms with Crippen LogP contribution in [0.2, 0.25) is 0 Å². The molecule has 1 aliphatic carbocycles. The molecule has 1 aromatic rings. The van der Waals surface area contributed by atoms with Gasteiger partial charge in [0.05, 0.1) is 0 Å². The van der Waals surface area contributed by atoms with Gasteiger partial charge in [-0.3, -0.25) is 10.2 Å². The Labute approximate surface area is 78.6 Å². The van der Waals surface area contributed by atoms with Crippen molar-refractivity contribution in [2.45, 2.75) is 31.1 Å². The van der Waals surface area contributed by atoms with Crippen LogP contribution in [0.15, 0.2) is 0 Å².